The molecule has 2 rings (SSSR count). The van der Waals surface area contributed by atoms with Crippen molar-refractivity contribution in [3.05, 3.63) is 71.8 Å². The lowest BCUT2D eigenvalue weighted by Gasteiger charge is -2.10. The first-order valence-corrected chi connectivity index (χ1v) is 8.30. The highest BCUT2D eigenvalue weighted by Gasteiger charge is 2.07. The van der Waals surface area contributed by atoms with E-state index in [2.05, 4.69) is 30.1 Å². The number of aromatic nitrogens is 1. The van der Waals surface area contributed by atoms with Crippen molar-refractivity contribution in [2.75, 3.05) is 12.3 Å². The van der Waals surface area contributed by atoms with E-state index in [4.69, 9.17) is 10.5 Å². The fourth-order valence-corrected chi connectivity index (χ4v) is 2.21. The van der Waals surface area contributed by atoms with E-state index >= 15 is 0 Å². The summed E-state index contributed by atoms with van der Waals surface area (Å²) in [4.78, 5) is 4.53. The summed E-state index contributed by atoms with van der Waals surface area (Å²) in [6.45, 7) is 4.66. The van der Waals surface area contributed by atoms with Gasteiger partial charge in [0.2, 0.25) is 5.88 Å². The molecule has 0 saturated heterocycles. The van der Waals surface area contributed by atoms with Crippen LogP contribution < -0.4 is 16.1 Å². The maximum Gasteiger partial charge on any atom is 0.213 e. The Balaban J connectivity index is 2.00. The van der Waals surface area contributed by atoms with E-state index in [1.807, 2.05) is 56.7 Å². The number of nitrogens with two attached hydrogens (primary N) is 1. The highest BCUT2D eigenvalue weighted by molar-refractivity contribution is 6.53. The van der Waals surface area contributed by atoms with Crippen LogP contribution in [0.3, 0.4) is 0 Å². The van der Waals surface area contributed by atoms with E-state index in [0.717, 1.165) is 18.3 Å². The average molecular weight is 319 g/mol. The Labute approximate surface area is 145 Å². The van der Waals surface area contributed by atoms with Gasteiger partial charge < -0.3 is 10.5 Å². The quantitative estimate of drug-likeness (QED) is 0.598. The Morgan fingerprint density at radius 1 is 1.21 bits per heavy atom. The van der Waals surface area contributed by atoms with E-state index in [1.165, 1.54) is 11.1 Å². The normalized spacial score (nSPS) is 11.7. The van der Waals surface area contributed by atoms with Crippen LogP contribution in [0.5, 0.6) is 5.88 Å². The maximum atomic E-state index is 6.03. The van der Waals surface area contributed by atoms with Crippen LogP contribution in [0.2, 0.25) is 0 Å². The lowest BCUT2D eigenvalue weighted by molar-refractivity contribution is 0.336. The molecule has 3 nitrogen and oxygen atoms in total. The molecule has 1 aromatic carbocycles. The first-order valence-electron chi connectivity index (χ1n) is 8.30. The molecule has 0 bridgehead atoms. The van der Waals surface area contributed by atoms with Crippen molar-refractivity contribution >= 4 is 18.6 Å². The summed E-state index contributed by atoms with van der Waals surface area (Å²) in [5.74, 6) is 0.600. The molecule has 1 heterocycles. The highest BCUT2D eigenvalue weighted by atomic mass is 16.5. The molecule has 0 aliphatic carbocycles. The summed E-state index contributed by atoms with van der Waals surface area (Å²) in [6, 6.07) is 13.9. The predicted octanol–water partition coefficient (Wildman–Crippen LogP) is 3.48. The molecule has 0 saturated carbocycles. The van der Waals surface area contributed by atoms with Crippen LogP contribution in [0.4, 0.5) is 5.69 Å². The third kappa shape index (κ3) is 5.62. The van der Waals surface area contributed by atoms with Crippen molar-refractivity contribution < 1.29 is 4.74 Å². The second-order valence-corrected chi connectivity index (χ2v) is 5.51. The molecule has 0 fully saturated rings. The molecule has 0 spiro atoms. The van der Waals surface area contributed by atoms with Gasteiger partial charge in [0.25, 0.3) is 0 Å². The Kier molecular flexibility index (Phi) is 7.15. The van der Waals surface area contributed by atoms with Crippen LogP contribution in [0.15, 0.2) is 66.3 Å². The number of nitrogen functional groups attached to an aromatic ring is 1. The predicted molar refractivity (Wildman–Crippen MR) is 103 cm³/mol. The van der Waals surface area contributed by atoms with Crippen LogP contribution in [0.25, 0.3) is 0 Å². The molecule has 0 atom stereocenters. The Morgan fingerprint density at radius 3 is 2.71 bits per heavy atom. The van der Waals surface area contributed by atoms with Crippen molar-refractivity contribution in [1.29, 1.82) is 0 Å². The van der Waals surface area contributed by atoms with Crippen molar-refractivity contribution in [2.45, 2.75) is 26.6 Å². The third-order valence-electron chi connectivity index (χ3n) is 3.69. The monoisotopic (exact) mass is 319 g/mol. The zero-order valence-electron chi connectivity index (χ0n) is 14.4. The van der Waals surface area contributed by atoms with E-state index in [1.54, 1.807) is 0 Å². The van der Waals surface area contributed by atoms with Crippen LogP contribution in [0, 0.1) is 0 Å². The largest absolute Gasteiger partial charge is 0.473 e. The standard InChI is InChI=1S/C20H24BN2O/c1-3-5-9-16(4-2)15-24-19-13-12-18(22)20(23-19)21-14-17-10-7-6-8-11-17/h3,5-13H,4,14-15,22H2,1-2H3/b5-3-,16-9+. The number of benzene rings is 1. The molecule has 0 aliphatic rings. The van der Waals surface area contributed by atoms with E-state index in [9.17, 15) is 0 Å². The minimum Gasteiger partial charge on any atom is -0.473 e. The van der Waals surface area contributed by atoms with Crippen molar-refractivity contribution in [3.63, 3.8) is 0 Å². The average Bonchev–Trinajstić information content (AvgIpc) is 2.63. The van der Waals surface area contributed by atoms with Crippen LogP contribution in [-0.2, 0) is 6.32 Å². The zero-order chi connectivity index (χ0) is 17.2. The maximum absolute atomic E-state index is 6.03. The van der Waals surface area contributed by atoms with Gasteiger partial charge in [-0.05, 0) is 31.3 Å². The second-order valence-electron chi connectivity index (χ2n) is 5.51. The van der Waals surface area contributed by atoms with Gasteiger partial charge >= 0.3 is 0 Å². The summed E-state index contributed by atoms with van der Waals surface area (Å²) in [6.07, 6.45) is 7.86. The topological polar surface area (TPSA) is 48.1 Å². The minimum atomic E-state index is 0.538. The Morgan fingerprint density at radius 2 is 2.00 bits per heavy atom. The van der Waals surface area contributed by atoms with Crippen molar-refractivity contribution in [3.8, 4) is 5.88 Å². The summed E-state index contributed by atoms with van der Waals surface area (Å²) in [5.41, 5.74) is 9.92. The molecule has 123 valence electrons. The summed E-state index contributed by atoms with van der Waals surface area (Å²) >= 11 is 0. The molecule has 0 amide bonds. The Bertz CT molecular complexity index is 696. The summed E-state index contributed by atoms with van der Waals surface area (Å²) in [5, 5.41) is 0. The molecule has 0 aliphatic heterocycles. The number of hydrogen-bond donors (Lipinski definition) is 1. The van der Waals surface area contributed by atoms with Gasteiger partial charge in [0.05, 0.1) is 0 Å². The number of anilines is 1. The van der Waals surface area contributed by atoms with Gasteiger partial charge in [-0.2, -0.15) is 0 Å². The molecular weight excluding hydrogens is 295 g/mol. The van der Waals surface area contributed by atoms with Gasteiger partial charge in [-0.15, -0.1) is 0 Å². The van der Waals surface area contributed by atoms with Gasteiger partial charge in [0.1, 0.15) is 6.61 Å². The first kappa shape index (κ1) is 17.9. The summed E-state index contributed by atoms with van der Waals surface area (Å²) in [7, 11) is 2.04. The second kappa shape index (κ2) is 9.61. The molecule has 2 N–H and O–H groups in total. The fraction of sp³-hybridized carbons (Fsp3) is 0.250. The summed E-state index contributed by atoms with van der Waals surface area (Å²) < 4.78 is 5.81. The van der Waals surface area contributed by atoms with E-state index < -0.39 is 0 Å². The molecule has 0 unspecified atom stereocenters. The number of nitrogens with zero attached hydrogens (tertiary/aromatic N) is 1. The minimum absolute atomic E-state index is 0.538. The first-order chi connectivity index (χ1) is 11.7. The molecule has 24 heavy (non-hydrogen) atoms. The van der Waals surface area contributed by atoms with Gasteiger partial charge in [0.15, 0.2) is 7.28 Å². The van der Waals surface area contributed by atoms with Gasteiger partial charge in [0, 0.05) is 17.3 Å². The number of allylic oxidation sites excluding steroid dienone is 3. The van der Waals surface area contributed by atoms with Crippen molar-refractivity contribution in [2.24, 2.45) is 0 Å². The van der Waals surface area contributed by atoms with E-state index in [0.29, 0.717) is 18.2 Å². The number of pyridine rings is 1. The van der Waals surface area contributed by atoms with Crippen LogP contribution in [-0.4, -0.2) is 18.9 Å². The SMILES string of the molecule is C/C=C\C=C(/CC)COc1ccc(N)c([B]Cc2ccccc2)n1. The van der Waals surface area contributed by atoms with Gasteiger partial charge in [-0.25, -0.2) is 4.98 Å². The number of rotatable bonds is 8. The molecule has 1 aromatic heterocycles. The highest BCUT2D eigenvalue weighted by Crippen LogP contribution is 2.10. The van der Waals surface area contributed by atoms with Crippen molar-refractivity contribution in [1.82, 2.24) is 4.98 Å². The van der Waals surface area contributed by atoms with Crippen LogP contribution >= 0.6 is 0 Å². The van der Waals surface area contributed by atoms with Gasteiger partial charge in [-0.3, -0.25) is 0 Å². The molecule has 4 heteroatoms. The molecule has 1 radical (unpaired) electrons. The number of hydrogen-bond acceptors (Lipinski definition) is 3. The third-order valence-corrected chi connectivity index (χ3v) is 3.69. The van der Waals surface area contributed by atoms with Gasteiger partial charge in [-0.1, -0.05) is 61.0 Å². The molecular formula is C20H24BN2O. The zero-order valence-corrected chi connectivity index (χ0v) is 14.4. The lowest BCUT2D eigenvalue weighted by Crippen LogP contribution is -2.25. The van der Waals surface area contributed by atoms with E-state index in [-0.39, 0.29) is 0 Å². The van der Waals surface area contributed by atoms with Crippen LogP contribution in [0.1, 0.15) is 25.8 Å². The number of ether oxygens (including phenoxy) is 1. The smallest absolute Gasteiger partial charge is 0.213 e. The fourth-order valence-electron chi connectivity index (χ4n) is 2.21. The molecule has 2 aromatic rings. The lowest BCUT2D eigenvalue weighted by atomic mass is 9.68. The Hall–Kier alpha value is -2.49.